The molecule has 1 aromatic carbocycles. The molecular weight excluding hydrogens is 236 g/mol. The number of nitrogens with two attached hydrogens (primary N) is 1. The summed E-state index contributed by atoms with van der Waals surface area (Å²) < 4.78 is 0. The first-order valence-electron chi connectivity index (χ1n) is 7.20. The summed E-state index contributed by atoms with van der Waals surface area (Å²) in [6.45, 7) is 5.30. The summed E-state index contributed by atoms with van der Waals surface area (Å²) in [6, 6.07) is 8.20. The van der Waals surface area contributed by atoms with Gasteiger partial charge in [0.15, 0.2) is 0 Å². The van der Waals surface area contributed by atoms with Gasteiger partial charge in [-0.15, -0.1) is 0 Å². The van der Waals surface area contributed by atoms with E-state index in [9.17, 15) is 4.79 Å². The van der Waals surface area contributed by atoms with Crippen molar-refractivity contribution in [3.05, 3.63) is 29.8 Å². The van der Waals surface area contributed by atoms with Crippen LogP contribution in [0.1, 0.15) is 38.7 Å². The molecule has 3 nitrogen and oxygen atoms in total. The zero-order chi connectivity index (χ0) is 13.8. The van der Waals surface area contributed by atoms with Crippen LogP contribution in [0, 0.1) is 5.92 Å². The number of hydrogen-bond acceptors (Lipinski definition) is 2. The normalized spacial score (nSPS) is 23.4. The SMILES string of the molecule is CC1CCC(C)N(C(=O)CCc2cccc(N)c2)C1. The largest absolute Gasteiger partial charge is 0.399 e. The second-order valence-electron chi connectivity index (χ2n) is 5.82. The number of likely N-dealkylation sites (tertiary alicyclic amines) is 1. The van der Waals surface area contributed by atoms with Crippen LogP contribution < -0.4 is 5.73 Å². The van der Waals surface area contributed by atoms with E-state index in [1.54, 1.807) is 0 Å². The molecule has 104 valence electrons. The van der Waals surface area contributed by atoms with Gasteiger partial charge in [-0.3, -0.25) is 4.79 Å². The third kappa shape index (κ3) is 3.72. The summed E-state index contributed by atoms with van der Waals surface area (Å²) in [7, 11) is 0. The predicted molar refractivity (Wildman–Crippen MR) is 78.7 cm³/mol. The highest BCUT2D eigenvalue weighted by Gasteiger charge is 2.26. The average Bonchev–Trinajstić information content (AvgIpc) is 2.39. The van der Waals surface area contributed by atoms with Crippen LogP contribution in [-0.4, -0.2) is 23.4 Å². The molecule has 1 fully saturated rings. The number of nitrogens with zero attached hydrogens (tertiary/aromatic N) is 1. The Morgan fingerprint density at radius 3 is 2.89 bits per heavy atom. The van der Waals surface area contributed by atoms with E-state index < -0.39 is 0 Å². The lowest BCUT2D eigenvalue weighted by atomic mass is 9.94. The maximum absolute atomic E-state index is 12.3. The van der Waals surface area contributed by atoms with Crippen molar-refractivity contribution in [3.63, 3.8) is 0 Å². The first-order valence-corrected chi connectivity index (χ1v) is 7.20. The van der Waals surface area contributed by atoms with Gasteiger partial charge in [0.1, 0.15) is 0 Å². The molecule has 2 rings (SSSR count). The van der Waals surface area contributed by atoms with Crippen molar-refractivity contribution in [1.82, 2.24) is 4.90 Å². The Kier molecular flexibility index (Phi) is 4.46. The number of rotatable bonds is 3. The van der Waals surface area contributed by atoms with Gasteiger partial charge in [-0.1, -0.05) is 19.1 Å². The van der Waals surface area contributed by atoms with Crippen LogP contribution in [0.5, 0.6) is 0 Å². The van der Waals surface area contributed by atoms with Gasteiger partial charge < -0.3 is 10.6 Å². The van der Waals surface area contributed by atoms with Crippen molar-refractivity contribution in [1.29, 1.82) is 0 Å². The summed E-state index contributed by atoms with van der Waals surface area (Å²) in [5.74, 6) is 0.911. The second-order valence-corrected chi connectivity index (χ2v) is 5.82. The lowest BCUT2D eigenvalue weighted by Gasteiger charge is -2.37. The second kappa shape index (κ2) is 6.09. The molecule has 1 aromatic rings. The van der Waals surface area contributed by atoms with E-state index >= 15 is 0 Å². The molecule has 0 bridgehead atoms. The number of benzene rings is 1. The minimum atomic E-state index is 0.279. The van der Waals surface area contributed by atoms with E-state index in [2.05, 4.69) is 18.7 Å². The van der Waals surface area contributed by atoms with Gasteiger partial charge >= 0.3 is 0 Å². The van der Waals surface area contributed by atoms with Gasteiger partial charge in [0.05, 0.1) is 0 Å². The monoisotopic (exact) mass is 260 g/mol. The number of piperidine rings is 1. The number of nitrogen functional groups attached to an aromatic ring is 1. The topological polar surface area (TPSA) is 46.3 Å². The van der Waals surface area contributed by atoms with E-state index in [0.29, 0.717) is 18.4 Å². The Bertz CT molecular complexity index is 444. The molecule has 1 amide bonds. The Labute approximate surface area is 115 Å². The van der Waals surface area contributed by atoms with Crippen LogP contribution in [0.4, 0.5) is 5.69 Å². The number of carbonyl (C=O) groups excluding carboxylic acids is 1. The zero-order valence-electron chi connectivity index (χ0n) is 11.9. The van der Waals surface area contributed by atoms with Crippen molar-refractivity contribution in [2.24, 2.45) is 5.92 Å². The summed E-state index contributed by atoms with van der Waals surface area (Å²) in [4.78, 5) is 14.4. The van der Waals surface area contributed by atoms with E-state index in [4.69, 9.17) is 5.73 Å². The Hall–Kier alpha value is -1.51. The summed E-state index contributed by atoms with van der Waals surface area (Å²) in [5.41, 5.74) is 7.67. The van der Waals surface area contributed by atoms with Gasteiger partial charge in [-0.25, -0.2) is 0 Å². The molecule has 19 heavy (non-hydrogen) atoms. The molecule has 0 spiro atoms. The van der Waals surface area contributed by atoms with Crippen molar-refractivity contribution in [2.75, 3.05) is 12.3 Å². The number of amides is 1. The Morgan fingerprint density at radius 2 is 2.16 bits per heavy atom. The van der Waals surface area contributed by atoms with Crippen molar-refractivity contribution in [2.45, 2.75) is 45.6 Å². The molecule has 0 saturated carbocycles. The maximum Gasteiger partial charge on any atom is 0.223 e. The summed E-state index contributed by atoms with van der Waals surface area (Å²) in [5, 5.41) is 0. The third-order valence-electron chi connectivity index (χ3n) is 4.02. The molecule has 2 unspecified atom stereocenters. The van der Waals surface area contributed by atoms with Crippen molar-refractivity contribution < 1.29 is 4.79 Å². The molecule has 0 aromatic heterocycles. The minimum absolute atomic E-state index is 0.279. The highest BCUT2D eigenvalue weighted by Crippen LogP contribution is 2.22. The van der Waals surface area contributed by atoms with Gasteiger partial charge in [0.2, 0.25) is 5.91 Å². The van der Waals surface area contributed by atoms with Crippen LogP contribution in [0.15, 0.2) is 24.3 Å². The average molecular weight is 260 g/mol. The molecule has 2 atom stereocenters. The molecule has 2 N–H and O–H groups in total. The fourth-order valence-corrected chi connectivity index (χ4v) is 2.78. The Morgan fingerprint density at radius 1 is 1.37 bits per heavy atom. The number of hydrogen-bond donors (Lipinski definition) is 1. The van der Waals surface area contributed by atoms with Crippen molar-refractivity contribution >= 4 is 11.6 Å². The first-order chi connectivity index (χ1) is 9.06. The van der Waals surface area contributed by atoms with Crippen LogP contribution in [0.2, 0.25) is 0 Å². The minimum Gasteiger partial charge on any atom is -0.399 e. The summed E-state index contributed by atoms with van der Waals surface area (Å²) >= 11 is 0. The lowest BCUT2D eigenvalue weighted by molar-refractivity contribution is -0.135. The van der Waals surface area contributed by atoms with Crippen LogP contribution in [0.25, 0.3) is 0 Å². The van der Waals surface area contributed by atoms with Crippen LogP contribution in [-0.2, 0) is 11.2 Å². The lowest BCUT2D eigenvalue weighted by Crippen LogP contribution is -2.45. The van der Waals surface area contributed by atoms with E-state index in [0.717, 1.165) is 30.6 Å². The van der Waals surface area contributed by atoms with E-state index in [1.807, 2.05) is 24.3 Å². The highest BCUT2D eigenvalue weighted by atomic mass is 16.2. The van der Waals surface area contributed by atoms with Gasteiger partial charge in [0, 0.05) is 24.7 Å². The molecular formula is C16H24N2O. The molecule has 3 heteroatoms. The summed E-state index contributed by atoms with van der Waals surface area (Å²) in [6.07, 6.45) is 3.73. The quantitative estimate of drug-likeness (QED) is 0.849. The third-order valence-corrected chi connectivity index (χ3v) is 4.02. The molecule has 1 aliphatic heterocycles. The fraction of sp³-hybridized carbons (Fsp3) is 0.562. The van der Waals surface area contributed by atoms with Crippen LogP contribution >= 0.6 is 0 Å². The predicted octanol–water partition coefficient (Wildman–Crippen LogP) is 2.85. The van der Waals surface area contributed by atoms with Crippen molar-refractivity contribution in [3.8, 4) is 0 Å². The standard InChI is InChI=1S/C16H24N2O/c1-12-6-7-13(2)18(11-12)16(19)9-8-14-4-3-5-15(17)10-14/h3-5,10,12-13H,6-9,11,17H2,1-2H3. The number of aryl methyl sites for hydroxylation is 1. The fourth-order valence-electron chi connectivity index (χ4n) is 2.78. The number of anilines is 1. The van der Waals surface area contributed by atoms with Gasteiger partial charge in [-0.05, 0) is 49.8 Å². The molecule has 1 saturated heterocycles. The number of carbonyl (C=O) groups is 1. The van der Waals surface area contributed by atoms with Crippen LogP contribution in [0.3, 0.4) is 0 Å². The highest BCUT2D eigenvalue weighted by molar-refractivity contribution is 5.77. The smallest absolute Gasteiger partial charge is 0.223 e. The first kappa shape index (κ1) is 13.9. The van der Waals surface area contributed by atoms with Gasteiger partial charge in [-0.2, -0.15) is 0 Å². The Balaban J connectivity index is 1.90. The van der Waals surface area contributed by atoms with E-state index in [-0.39, 0.29) is 5.91 Å². The maximum atomic E-state index is 12.3. The van der Waals surface area contributed by atoms with Gasteiger partial charge in [0.25, 0.3) is 0 Å². The zero-order valence-corrected chi connectivity index (χ0v) is 11.9. The molecule has 1 aliphatic rings. The molecule has 1 heterocycles. The molecule has 0 aliphatic carbocycles. The molecule has 0 radical (unpaired) electrons. The van der Waals surface area contributed by atoms with E-state index in [1.165, 1.54) is 6.42 Å².